The molecular formula is C16H16FN3OS. The van der Waals surface area contributed by atoms with Crippen LogP contribution in [0, 0.1) is 19.7 Å². The fourth-order valence-corrected chi connectivity index (χ4v) is 1.93. The van der Waals surface area contributed by atoms with Gasteiger partial charge in [-0.25, -0.2) is 4.39 Å². The van der Waals surface area contributed by atoms with Crippen molar-refractivity contribution in [2.24, 2.45) is 0 Å². The van der Waals surface area contributed by atoms with Gasteiger partial charge in [0.15, 0.2) is 5.11 Å². The third kappa shape index (κ3) is 4.26. The molecule has 0 aliphatic heterocycles. The molecule has 0 aliphatic carbocycles. The second-order valence-corrected chi connectivity index (χ2v) is 5.25. The predicted molar refractivity (Wildman–Crippen MR) is 89.1 cm³/mol. The van der Waals surface area contributed by atoms with Crippen molar-refractivity contribution in [1.29, 1.82) is 0 Å². The second-order valence-electron chi connectivity index (χ2n) is 4.84. The second kappa shape index (κ2) is 7.00. The number of hydrogen-bond acceptors (Lipinski definition) is 2. The van der Waals surface area contributed by atoms with Crippen LogP contribution in [-0.2, 0) is 0 Å². The molecule has 0 radical (unpaired) electrons. The minimum absolute atomic E-state index is 0.212. The number of thiocarbonyl (C=S) groups is 1. The summed E-state index contributed by atoms with van der Waals surface area (Å²) < 4.78 is 12.8. The Morgan fingerprint density at radius 3 is 2.32 bits per heavy atom. The Morgan fingerprint density at radius 1 is 1.00 bits per heavy atom. The standard InChI is InChI=1S/C16H16FN3OS/c1-10-3-4-12(9-11(10)2)15(21)19-20-16(22)18-14-7-5-13(17)6-8-14/h3-9H,1-2H3,(H,19,21)(H2,18,20,22). The van der Waals surface area contributed by atoms with Gasteiger partial charge in [-0.1, -0.05) is 6.07 Å². The van der Waals surface area contributed by atoms with E-state index in [2.05, 4.69) is 16.2 Å². The first-order valence-electron chi connectivity index (χ1n) is 6.66. The summed E-state index contributed by atoms with van der Waals surface area (Å²) >= 11 is 5.05. The summed E-state index contributed by atoms with van der Waals surface area (Å²) in [5.74, 6) is -0.612. The number of aryl methyl sites for hydroxylation is 2. The molecule has 114 valence electrons. The van der Waals surface area contributed by atoms with E-state index in [1.54, 1.807) is 18.2 Å². The molecular weight excluding hydrogens is 301 g/mol. The maximum absolute atomic E-state index is 12.8. The van der Waals surface area contributed by atoms with Crippen LogP contribution in [0.2, 0.25) is 0 Å². The van der Waals surface area contributed by atoms with Crippen LogP contribution in [0.15, 0.2) is 42.5 Å². The molecule has 0 fully saturated rings. The number of halogens is 1. The fraction of sp³-hybridized carbons (Fsp3) is 0.125. The van der Waals surface area contributed by atoms with Gasteiger partial charge < -0.3 is 5.32 Å². The molecule has 2 aromatic carbocycles. The topological polar surface area (TPSA) is 53.2 Å². The zero-order valence-corrected chi connectivity index (χ0v) is 13.1. The van der Waals surface area contributed by atoms with Gasteiger partial charge in [0.25, 0.3) is 5.91 Å². The van der Waals surface area contributed by atoms with E-state index >= 15 is 0 Å². The number of anilines is 1. The maximum Gasteiger partial charge on any atom is 0.269 e. The third-order valence-corrected chi connectivity index (χ3v) is 3.36. The molecule has 0 aliphatic rings. The molecule has 0 atom stereocenters. The van der Waals surface area contributed by atoms with Gasteiger partial charge >= 0.3 is 0 Å². The van der Waals surface area contributed by atoms with Crippen molar-refractivity contribution in [3.05, 3.63) is 65.0 Å². The van der Waals surface area contributed by atoms with E-state index in [1.807, 2.05) is 26.0 Å². The van der Waals surface area contributed by atoms with E-state index < -0.39 is 0 Å². The predicted octanol–water partition coefficient (Wildman–Crippen LogP) is 3.07. The summed E-state index contributed by atoms with van der Waals surface area (Å²) in [5.41, 5.74) is 8.45. The van der Waals surface area contributed by atoms with E-state index in [0.717, 1.165) is 11.1 Å². The van der Waals surface area contributed by atoms with Crippen LogP contribution < -0.4 is 16.2 Å². The van der Waals surface area contributed by atoms with Crippen molar-refractivity contribution in [3.8, 4) is 0 Å². The van der Waals surface area contributed by atoms with Crippen LogP contribution in [0.4, 0.5) is 10.1 Å². The number of benzene rings is 2. The number of nitrogens with one attached hydrogen (secondary N) is 3. The van der Waals surface area contributed by atoms with Gasteiger partial charge in [0.1, 0.15) is 5.82 Å². The van der Waals surface area contributed by atoms with Crippen molar-refractivity contribution < 1.29 is 9.18 Å². The Labute approximate surface area is 133 Å². The third-order valence-electron chi connectivity index (χ3n) is 3.16. The number of hydrogen-bond donors (Lipinski definition) is 3. The molecule has 0 saturated heterocycles. The average molecular weight is 317 g/mol. The van der Waals surface area contributed by atoms with E-state index in [-0.39, 0.29) is 16.8 Å². The Morgan fingerprint density at radius 2 is 1.68 bits per heavy atom. The largest absolute Gasteiger partial charge is 0.331 e. The quantitative estimate of drug-likeness (QED) is 0.588. The van der Waals surface area contributed by atoms with Gasteiger partial charge in [-0.15, -0.1) is 0 Å². The first-order valence-corrected chi connectivity index (χ1v) is 7.06. The van der Waals surface area contributed by atoms with Gasteiger partial charge in [0, 0.05) is 11.3 Å². The lowest BCUT2D eigenvalue weighted by molar-refractivity contribution is 0.0944. The lowest BCUT2D eigenvalue weighted by Gasteiger charge is -2.12. The number of amides is 1. The highest BCUT2D eigenvalue weighted by Gasteiger charge is 2.07. The highest BCUT2D eigenvalue weighted by molar-refractivity contribution is 7.80. The molecule has 3 N–H and O–H groups in total. The molecule has 2 rings (SSSR count). The first kappa shape index (κ1) is 15.9. The summed E-state index contributed by atoms with van der Waals surface area (Å²) in [6.07, 6.45) is 0. The SMILES string of the molecule is Cc1ccc(C(=O)NNC(=S)Nc2ccc(F)cc2)cc1C. The molecule has 0 unspecified atom stereocenters. The summed E-state index contributed by atoms with van der Waals surface area (Å²) in [5, 5.41) is 3.05. The van der Waals surface area contributed by atoms with Gasteiger partial charge in [0.2, 0.25) is 0 Å². The van der Waals surface area contributed by atoms with Crippen molar-refractivity contribution in [1.82, 2.24) is 10.9 Å². The summed E-state index contributed by atoms with van der Waals surface area (Å²) in [7, 11) is 0. The highest BCUT2D eigenvalue weighted by atomic mass is 32.1. The lowest BCUT2D eigenvalue weighted by Crippen LogP contribution is -2.43. The molecule has 0 bridgehead atoms. The number of rotatable bonds is 2. The fourth-order valence-electron chi connectivity index (χ4n) is 1.76. The van der Waals surface area contributed by atoms with Crippen LogP contribution in [-0.4, -0.2) is 11.0 Å². The van der Waals surface area contributed by atoms with Crippen molar-refractivity contribution in [2.45, 2.75) is 13.8 Å². The van der Waals surface area contributed by atoms with E-state index in [9.17, 15) is 9.18 Å². The van der Waals surface area contributed by atoms with Crippen LogP contribution in [0.3, 0.4) is 0 Å². The molecule has 0 spiro atoms. The van der Waals surface area contributed by atoms with Crippen LogP contribution >= 0.6 is 12.2 Å². The molecule has 1 amide bonds. The average Bonchev–Trinajstić information content (AvgIpc) is 2.50. The summed E-state index contributed by atoms with van der Waals surface area (Å²) in [4.78, 5) is 12.0. The van der Waals surface area contributed by atoms with E-state index in [1.165, 1.54) is 12.1 Å². The number of carbonyl (C=O) groups excluding carboxylic acids is 1. The smallest absolute Gasteiger partial charge is 0.269 e. The van der Waals surface area contributed by atoms with Gasteiger partial charge in [-0.3, -0.25) is 15.6 Å². The molecule has 6 heteroatoms. The zero-order valence-electron chi connectivity index (χ0n) is 12.2. The Balaban J connectivity index is 1.88. The lowest BCUT2D eigenvalue weighted by atomic mass is 10.1. The molecule has 0 aromatic heterocycles. The monoisotopic (exact) mass is 317 g/mol. The maximum atomic E-state index is 12.8. The van der Waals surface area contributed by atoms with Crippen LogP contribution in [0.25, 0.3) is 0 Å². The van der Waals surface area contributed by atoms with Gasteiger partial charge in [-0.2, -0.15) is 0 Å². The van der Waals surface area contributed by atoms with Crippen molar-refractivity contribution >= 4 is 28.9 Å². The minimum Gasteiger partial charge on any atom is -0.331 e. The molecule has 22 heavy (non-hydrogen) atoms. The van der Waals surface area contributed by atoms with Crippen LogP contribution in [0.5, 0.6) is 0 Å². The number of hydrazine groups is 1. The normalized spacial score (nSPS) is 9.95. The van der Waals surface area contributed by atoms with Gasteiger partial charge in [-0.05, 0) is 73.6 Å². The number of carbonyl (C=O) groups is 1. The van der Waals surface area contributed by atoms with E-state index in [0.29, 0.717) is 11.3 Å². The van der Waals surface area contributed by atoms with Crippen molar-refractivity contribution in [2.75, 3.05) is 5.32 Å². The Bertz CT molecular complexity index is 701. The molecule has 0 saturated carbocycles. The van der Waals surface area contributed by atoms with Crippen LogP contribution in [0.1, 0.15) is 21.5 Å². The minimum atomic E-state index is -0.326. The highest BCUT2D eigenvalue weighted by Crippen LogP contribution is 2.10. The van der Waals surface area contributed by atoms with Gasteiger partial charge in [0.05, 0.1) is 0 Å². The summed E-state index contributed by atoms with van der Waals surface area (Å²) in [6, 6.07) is 11.2. The van der Waals surface area contributed by atoms with E-state index in [4.69, 9.17) is 12.2 Å². The molecule has 4 nitrogen and oxygen atoms in total. The van der Waals surface area contributed by atoms with Crippen molar-refractivity contribution in [3.63, 3.8) is 0 Å². The Kier molecular flexibility index (Phi) is 5.06. The molecule has 2 aromatic rings. The first-order chi connectivity index (χ1) is 10.5. The summed E-state index contributed by atoms with van der Waals surface area (Å²) in [6.45, 7) is 3.93. The molecule has 0 heterocycles. The Hall–Kier alpha value is -2.47. The zero-order chi connectivity index (χ0) is 16.1.